The van der Waals surface area contributed by atoms with E-state index in [1.807, 2.05) is 6.07 Å². The van der Waals surface area contributed by atoms with E-state index in [2.05, 4.69) is 21.4 Å². The second-order valence-corrected chi connectivity index (χ2v) is 4.00. The average Bonchev–Trinajstić information content (AvgIpc) is 2.35. The first kappa shape index (κ1) is 12.1. The van der Waals surface area contributed by atoms with E-state index in [0.29, 0.717) is 17.2 Å². The van der Waals surface area contributed by atoms with Crippen LogP contribution in [0.3, 0.4) is 0 Å². The third-order valence-electron chi connectivity index (χ3n) is 2.27. The Hall–Kier alpha value is -2.32. The average molecular weight is 260 g/mol. The predicted octanol–water partition coefficient (Wildman–Crippen LogP) is 2.64. The summed E-state index contributed by atoms with van der Waals surface area (Å²) in [6.45, 7) is 1.72. The van der Waals surface area contributed by atoms with Crippen LogP contribution in [-0.2, 0) is 0 Å². The molecule has 5 nitrogen and oxygen atoms in total. The van der Waals surface area contributed by atoms with Crippen molar-refractivity contribution >= 4 is 28.8 Å². The number of anilines is 3. The number of aromatic nitrogens is 2. The first-order valence-corrected chi connectivity index (χ1v) is 5.55. The Labute approximate surface area is 109 Å². The lowest BCUT2D eigenvalue weighted by atomic mass is 10.2. The summed E-state index contributed by atoms with van der Waals surface area (Å²) < 4.78 is 0. The highest BCUT2D eigenvalue weighted by atomic mass is 35.5. The lowest BCUT2D eigenvalue weighted by Crippen LogP contribution is -2.03. The van der Waals surface area contributed by atoms with Gasteiger partial charge in [0.2, 0.25) is 0 Å². The zero-order valence-electron chi connectivity index (χ0n) is 9.61. The zero-order valence-corrected chi connectivity index (χ0v) is 10.4. The summed E-state index contributed by atoms with van der Waals surface area (Å²) in [4.78, 5) is 8.12. The van der Waals surface area contributed by atoms with Crippen molar-refractivity contribution < 1.29 is 0 Å². The summed E-state index contributed by atoms with van der Waals surface area (Å²) in [6, 6.07) is 9.06. The molecule has 0 amide bonds. The van der Waals surface area contributed by atoms with E-state index in [1.165, 1.54) is 0 Å². The summed E-state index contributed by atoms with van der Waals surface area (Å²) >= 11 is 5.88. The van der Waals surface area contributed by atoms with Gasteiger partial charge in [0.25, 0.3) is 0 Å². The molecule has 1 aromatic carbocycles. The Kier molecular flexibility index (Phi) is 3.31. The Morgan fingerprint density at radius 1 is 1.39 bits per heavy atom. The van der Waals surface area contributed by atoms with Gasteiger partial charge in [0.15, 0.2) is 11.0 Å². The number of nitrogen functional groups attached to an aromatic ring is 1. The molecule has 1 aromatic heterocycles. The van der Waals surface area contributed by atoms with Crippen molar-refractivity contribution in [3.8, 4) is 6.07 Å². The van der Waals surface area contributed by atoms with Gasteiger partial charge in [0, 0.05) is 5.69 Å². The van der Waals surface area contributed by atoms with E-state index in [1.54, 1.807) is 25.1 Å². The Morgan fingerprint density at radius 2 is 2.17 bits per heavy atom. The predicted molar refractivity (Wildman–Crippen MR) is 70.6 cm³/mol. The van der Waals surface area contributed by atoms with Crippen molar-refractivity contribution in [2.24, 2.45) is 0 Å². The van der Waals surface area contributed by atoms with E-state index in [-0.39, 0.29) is 10.8 Å². The molecule has 0 aliphatic rings. The van der Waals surface area contributed by atoms with Gasteiger partial charge in [-0.25, -0.2) is 9.97 Å². The zero-order chi connectivity index (χ0) is 13.1. The molecule has 3 N–H and O–H groups in total. The normalized spacial score (nSPS) is 9.83. The van der Waals surface area contributed by atoms with Crippen LogP contribution in [-0.4, -0.2) is 9.97 Å². The topological polar surface area (TPSA) is 87.6 Å². The number of rotatable bonds is 2. The van der Waals surface area contributed by atoms with Crippen LogP contribution in [0.25, 0.3) is 0 Å². The van der Waals surface area contributed by atoms with Gasteiger partial charge in [-0.2, -0.15) is 5.26 Å². The molecule has 0 bridgehead atoms. The summed E-state index contributed by atoms with van der Waals surface area (Å²) in [7, 11) is 0. The monoisotopic (exact) mass is 259 g/mol. The molecule has 2 aromatic rings. The Morgan fingerprint density at radius 3 is 2.89 bits per heavy atom. The number of aryl methyl sites for hydroxylation is 1. The number of nitrogens with one attached hydrogen (secondary N) is 1. The van der Waals surface area contributed by atoms with Gasteiger partial charge >= 0.3 is 0 Å². The van der Waals surface area contributed by atoms with Crippen LogP contribution in [0.2, 0.25) is 5.15 Å². The molecule has 0 aliphatic heterocycles. The number of halogens is 1. The third kappa shape index (κ3) is 2.50. The molecule has 0 saturated heterocycles. The maximum absolute atomic E-state index is 8.82. The summed E-state index contributed by atoms with van der Waals surface area (Å²) in [5, 5.41) is 12.0. The summed E-state index contributed by atoms with van der Waals surface area (Å²) in [6.07, 6.45) is 0. The minimum Gasteiger partial charge on any atom is -0.393 e. The van der Waals surface area contributed by atoms with Crippen molar-refractivity contribution in [1.29, 1.82) is 5.26 Å². The van der Waals surface area contributed by atoms with Crippen LogP contribution >= 0.6 is 11.6 Å². The molecule has 0 unspecified atom stereocenters. The largest absolute Gasteiger partial charge is 0.393 e. The number of nitrogens with zero attached hydrogens (tertiary/aromatic N) is 3. The van der Waals surface area contributed by atoms with Crippen molar-refractivity contribution in [3.05, 3.63) is 40.8 Å². The van der Waals surface area contributed by atoms with E-state index in [4.69, 9.17) is 22.6 Å². The van der Waals surface area contributed by atoms with Crippen LogP contribution in [0.4, 0.5) is 17.2 Å². The van der Waals surface area contributed by atoms with Crippen molar-refractivity contribution in [2.75, 3.05) is 11.1 Å². The molecular weight excluding hydrogens is 250 g/mol. The van der Waals surface area contributed by atoms with Gasteiger partial charge in [-0.15, -0.1) is 0 Å². The molecule has 2 rings (SSSR count). The molecule has 0 saturated carbocycles. The van der Waals surface area contributed by atoms with Crippen LogP contribution in [0.5, 0.6) is 0 Å². The number of benzene rings is 1. The molecule has 0 aliphatic carbocycles. The first-order valence-electron chi connectivity index (χ1n) is 5.17. The van der Waals surface area contributed by atoms with Gasteiger partial charge in [-0.1, -0.05) is 17.7 Å². The van der Waals surface area contributed by atoms with Crippen LogP contribution in [0.1, 0.15) is 11.4 Å². The highest BCUT2D eigenvalue weighted by Crippen LogP contribution is 2.26. The van der Waals surface area contributed by atoms with E-state index in [9.17, 15) is 0 Å². The molecule has 6 heteroatoms. The van der Waals surface area contributed by atoms with Crippen LogP contribution in [0, 0.1) is 18.3 Å². The van der Waals surface area contributed by atoms with Crippen molar-refractivity contribution in [1.82, 2.24) is 9.97 Å². The second-order valence-electron chi connectivity index (χ2n) is 3.64. The standard InChI is InChI=1S/C12H10ClN5/c1-7-16-11(13)10(15)12(17-7)18-9-4-2-3-8(5-9)6-14/h2-5H,15H2,1H3,(H,16,17,18). The molecule has 18 heavy (non-hydrogen) atoms. The number of hydrogen-bond acceptors (Lipinski definition) is 5. The fourth-order valence-electron chi connectivity index (χ4n) is 1.45. The van der Waals surface area contributed by atoms with Gasteiger partial charge < -0.3 is 11.1 Å². The molecular formula is C12H10ClN5. The minimum absolute atomic E-state index is 0.210. The highest BCUT2D eigenvalue weighted by Gasteiger charge is 2.08. The first-order chi connectivity index (χ1) is 8.60. The van der Waals surface area contributed by atoms with Crippen molar-refractivity contribution in [3.63, 3.8) is 0 Å². The minimum atomic E-state index is 0.210. The van der Waals surface area contributed by atoms with Gasteiger partial charge in [0.05, 0.1) is 11.6 Å². The fraction of sp³-hybridized carbons (Fsp3) is 0.0833. The quantitative estimate of drug-likeness (QED) is 0.810. The maximum atomic E-state index is 8.82. The molecule has 0 fully saturated rings. The molecule has 0 atom stereocenters. The van der Waals surface area contributed by atoms with Crippen LogP contribution in [0.15, 0.2) is 24.3 Å². The van der Waals surface area contributed by atoms with Gasteiger partial charge in [0.1, 0.15) is 11.5 Å². The third-order valence-corrected chi connectivity index (χ3v) is 2.55. The summed E-state index contributed by atoms with van der Waals surface area (Å²) in [5.41, 5.74) is 7.34. The molecule has 0 spiro atoms. The lowest BCUT2D eigenvalue weighted by Gasteiger charge is -2.09. The van der Waals surface area contributed by atoms with Crippen molar-refractivity contribution in [2.45, 2.75) is 6.92 Å². The highest BCUT2D eigenvalue weighted by molar-refractivity contribution is 6.32. The van der Waals surface area contributed by atoms with E-state index < -0.39 is 0 Å². The van der Waals surface area contributed by atoms with Gasteiger partial charge in [-0.3, -0.25) is 0 Å². The lowest BCUT2D eigenvalue weighted by molar-refractivity contribution is 1.06. The second kappa shape index (κ2) is 4.90. The summed E-state index contributed by atoms with van der Waals surface area (Å²) in [5.74, 6) is 0.954. The fourth-order valence-corrected chi connectivity index (χ4v) is 1.66. The van der Waals surface area contributed by atoms with Crippen LogP contribution < -0.4 is 11.1 Å². The molecule has 0 radical (unpaired) electrons. The maximum Gasteiger partial charge on any atom is 0.158 e. The van der Waals surface area contributed by atoms with Gasteiger partial charge in [-0.05, 0) is 25.1 Å². The number of hydrogen-bond donors (Lipinski definition) is 2. The number of nitrogens with two attached hydrogens (primary N) is 1. The number of nitriles is 1. The molecule has 1 heterocycles. The Balaban J connectivity index is 2.37. The SMILES string of the molecule is Cc1nc(Cl)c(N)c(Nc2cccc(C#N)c2)n1. The Bertz CT molecular complexity index is 633. The molecule has 90 valence electrons. The smallest absolute Gasteiger partial charge is 0.158 e. The van der Waals surface area contributed by atoms with E-state index >= 15 is 0 Å². The van der Waals surface area contributed by atoms with E-state index in [0.717, 1.165) is 5.69 Å².